The second-order valence-electron chi connectivity index (χ2n) is 5.89. The fraction of sp³-hybridized carbons (Fsp3) is 0.733. The molecule has 6 nitrogen and oxygen atoms in total. The van der Waals surface area contributed by atoms with Crippen LogP contribution in [0, 0.1) is 12.8 Å². The van der Waals surface area contributed by atoms with Crippen molar-refractivity contribution in [2.45, 2.75) is 26.3 Å². The SMILES string of the molecule is Cc1nccn1CC(=O)N(C)CC1CCN(CCO)CC1. The first kappa shape index (κ1) is 16.0. The number of β-amino-alcohol motifs (C(OH)–C–C–N with tert-alkyl or cyclic N) is 1. The fourth-order valence-electron chi connectivity index (χ4n) is 2.86. The van der Waals surface area contributed by atoms with Crippen molar-refractivity contribution in [1.82, 2.24) is 19.4 Å². The molecule has 1 fully saturated rings. The number of aliphatic hydroxyl groups excluding tert-OH is 1. The van der Waals surface area contributed by atoms with Gasteiger partial charge in [0.25, 0.3) is 0 Å². The third-order valence-electron chi connectivity index (χ3n) is 4.31. The number of aromatic nitrogens is 2. The molecule has 1 aliphatic rings. The van der Waals surface area contributed by atoms with Crippen LogP contribution >= 0.6 is 0 Å². The summed E-state index contributed by atoms with van der Waals surface area (Å²) < 4.78 is 1.88. The standard InChI is InChI=1S/C15H26N4O2/c1-13-16-5-8-19(13)12-15(21)17(2)11-14-3-6-18(7-4-14)9-10-20/h5,8,14,20H,3-4,6-7,9-12H2,1-2H3. The quantitative estimate of drug-likeness (QED) is 0.822. The Labute approximate surface area is 126 Å². The number of carbonyl (C=O) groups is 1. The molecule has 0 saturated carbocycles. The Morgan fingerprint density at radius 3 is 2.76 bits per heavy atom. The van der Waals surface area contributed by atoms with Gasteiger partial charge in [-0.15, -0.1) is 0 Å². The number of likely N-dealkylation sites (N-methyl/N-ethyl adjacent to an activating group) is 1. The van der Waals surface area contributed by atoms with Gasteiger partial charge in [-0.1, -0.05) is 0 Å². The number of hydrogen-bond donors (Lipinski definition) is 1. The van der Waals surface area contributed by atoms with Crippen molar-refractivity contribution in [3.8, 4) is 0 Å². The smallest absolute Gasteiger partial charge is 0.242 e. The number of nitrogens with zero attached hydrogens (tertiary/aromatic N) is 4. The van der Waals surface area contributed by atoms with Gasteiger partial charge in [0.1, 0.15) is 12.4 Å². The summed E-state index contributed by atoms with van der Waals surface area (Å²) in [4.78, 5) is 20.5. The minimum absolute atomic E-state index is 0.133. The normalized spacial score (nSPS) is 17.1. The first-order valence-corrected chi connectivity index (χ1v) is 7.65. The molecule has 21 heavy (non-hydrogen) atoms. The molecule has 2 rings (SSSR count). The van der Waals surface area contributed by atoms with Crippen molar-refractivity contribution in [3.63, 3.8) is 0 Å². The number of piperidine rings is 1. The van der Waals surface area contributed by atoms with E-state index in [1.165, 1.54) is 0 Å². The maximum Gasteiger partial charge on any atom is 0.242 e. The van der Waals surface area contributed by atoms with Crippen LogP contribution in [0.3, 0.4) is 0 Å². The lowest BCUT2D eigenvalue weighted by atomic mass is 9.96. The van der Waals surface area contributed by atoms with E-state index in [9.17, 15) is 4.79 Å². The molecule has 6 heteroatoms. The van der Waals surface area contributed by atoms with E-state index in [2.05, 4.69) is 9.88 Å². The summed E-state index contributed by atoms with van der Waals surface area (Å²) in [5.74, 6) is 1.57. The van der Waals surface area contributed by atoms with E-state index >= 15 is 0 Å². The number of aliphatic hydroxyl groups is 1. The highest BCUT2D eigenvalue weighted by Crippen LogP contribution is 2.17. The van der Waals surface area contributed by atoms with Crippen LogP contribution in [-0.4, -0.2) is 70.2 Å². The monoisotopic (exact) mass is 294 g/mol. The fourth-order valence-corrected chi connectivity index (χ4v) is 2.86. The van der Waals surface area contributed by atoms with Gasteiger partial charge in [-0.25, -0.2) is 4.98 Å². The third kappa shape index (κ3) is 4.54. The summed E-state index contributed by atoms with van der Waals surface area (Å²) in [7, 11) is 1.88. The molecule has 1 aliphatic heterocycles. The van der Waals surface area contributed by atoms with Gasteiger partial charge in [0.15, 0.2) is 0 Å². The first-order chi connectivity index (χ1) is 10.1. The van der Waals surface area contributed by atoms with E-state index in [1.807, 2.05) is 29.6 Å². The largest absolute Gasteiger partial charge is 0.395 e. The summed E-state index contributed by atoms with van der Waals surface area (Å²) in [6, 6.07) is 0. The number of likely N-dealkylation sites (tertiary alicyclic amines) is 1. The second kappa shape index (κ2) is 7.56. The Morgan fingerprint density at radius 2 is 2.19 bits per heavy atom. The summed E-state index contributed by atoms with van der Waals surface area (Å²) >= 11 is 0. The number of carbonyl (C=O) groups excluding carboxylic acids is 1. The van der Waals surface area contributed by atoms with Crippen LogP contribution in [0.25, 0.3) is 0 Å². The number of rotatable bonds is 6. The highest BCUT2D eigenvalue weighted by atomic mass is 16.3. The van der Waals surface area contributed by atoms with Crippen LogP contribution in [0.5, 0.6) is 0 Å². The van der Waals surface area contributed by atoms with Gasteiger partial charge in [-0.05, 0) is 38.8 Å². The van der Waals surface area contributed by atoms with E-state index in [0.29, 0.717) is 12.5 Å². The number of aryl methyl sites for hydroxylation is 1. The van der Waals surface area contributed by atoms with Crippen molar-refractivity contribution < 1.29 is 9.90 Å². The zero-order valence-corrected chi connectivity index (χ0v) is 13.0. The molecule has 118 valence electrons. The van der Waals surface area contributed by atoms with Crippen LogP contribution in [-0.2, 0) is 11.3 Å². The topological polar surface area (TPSA) is 61.6 Å². The lowest BCUT2D eigenvalue weighted by Crippen LogP contribution is -2.41. The third-order valence-corrected chi connectivity index (χ3v) is 4.31. The highest BCUT2D eigenvalue weighted by Gasteiger charge is 2.21. The molecule has 2 heterocycles. The van der Waals surface area contributed by atoms with E-state index in [-0.39, 0.29) is 12.5 Å². The molecule has 0 unspecified atom stereocenters. The predicted molar refractivity (Wildman–Crippen MR) is 80.9 cm³/mol. The molecule has 0 radical (unpaired) electrons. The van der Waals surface area contributed by atoms with Gasteiger partial charge < -0.3 is 19.5 Å². The van der Waals surface area contributed by atoms with Gasteiger partial charge in [0.05, 0.1) is 6.61 Å². The molecule has 1 saturated heterocycles. The summed E-state index contributed by atoms with van der Waals surface area (Å²) in [5.41, 5.74) is 0. The molecule has 0 spiro atoms. The highest BCUT2D eigenvalue weighted by molar-refractivity contribution is 5.75. The number of hydrogen-bond acceptors (Lipinski definition) is 4. The molecule has 0 aromatic carbocycles. The molecule has 1 N–H and O–H groups in total. The Kier molecular flexibility index (Phi) is 5.76. The summed E-state index contributed by atoms with van der Waals surface area (Å²) in [5, 5.41) is 8.95. The summed E-state index contributed by atoms with van der Waals surface area (Å²) in [6.07, 6.45) is 5.76. The molecule has 1 aromatic heterocycles. The lowest BCUT2D eigenvalue weighted by molar-refractivity contribution is -0.131. The molecular formula is C15H26N4O2. The zero-order chi connectivity index (χ0) is 15.2. The minimum Gasteiger partial charge on any atom is -0.395 e. The zero-order valence-electron chi connectivity index (χ0n) is 13.0. The molecular weight excluding hydrogens is 268 g/mol. The van der Waals surface area contributed by atoms with Crippen LogP contribution in [0.15, 0.2) is 12.4 Å². The van der Waals surface area contributed by atoms with Gasteiger partial charge >= 0.3 is 0 Å². The predicted octanol–water partition coefficient (Wildman–Crippen LogP) is 0.354. The van der Waals surface area contributed by atoms with Crippen molar-refractivity contribution >= 4 is 5.91 Å². The Morgan fingerprint density at radius 1 is 1.48 bits per heavy atom. The van der Waals surface area contributed by atoms with E-state index < -0.39 is 0 Å². The van der Waals surface area contributed by atoms with Crippen molar-refractivity contribution in [1.29, 1.82) is 0 Å². The number of imidazole rings is 1. The van der Waals surface area contributed by atoms with E-state index in [4.69, 9.17) is 5.11 Å². The van der Waals surface area contributed by atoms with Crippen LogP contribution in [0.4, 0.5) is 0 Å². The summed E-state index contributed by atoms with van der Waals surface area (Å²) in [6.45, 7) is 6.13. The maximum absolute atomic E-state index is 12.2. The van der Waals surface area contributed by atoms with Crippen molar-refractivity contribution in [2.24, 2.45) is 5.92 Å². The maximum atomic E-state index is 12.2. The van der Waals surface area contributed by atoms with Gasteiger partial charge in [0, 0.05) is 32.5 Å². The van der Waals surface area contributed by atoms with E-state index in [0.717, 1.165) is 44.8 Å². The average molecular weight is 294 g/mol. The van der Waals surface area contributed by atoms with Gasteiger partial charge in [-0.3, -0.25) is 4.79 Å². The lowest BCUT2D eigenvalue weighted by Gasteiger charge is -2.33. The average Bonchev–Trinajstić information content (AvgIpc) is 2.86. The van der Waals surface area contributed by atoms with Crippen molar-refractivity contribution in [2.75, 3.05) is 39.8 Å². The van der Waals surface area contributed by atoms with Crippen LogP contribution in [0.1, 0.15) is 18.7 Å². The molecule has 1 aromatic rings. The van der Waals surface area contributed by atoms with Crippen LogP contribution < -0.4 is 0 Å². The molecule has 0 aliphatic carbocycles. The minimum atomic E-state index is 0.133. The van der Waals surface area contributed by atoms with Gasteiger partial charge in [-0.2, -0.15) is 0 Å². The van der Waals surface area contributed by atoms with Crippen LogP contribution in [0.2, 0.25) is 0 Å². The Balaban J connectivity index is 1.75. The van der Waals surface area contributed by atoms with E-state index in [1.54, 1.807) is 6.20 Å². The Hall–Kier alpha value is -1.40. The first-order valence-electron chi connectivity index (χ1n) is 7.65. The molecule has 0 bridgehead atoms. The number of amides is 1. The Bertz CT molecular complexity index is 452. The molecule has 1 amide bonds. The van der Waals surface area contributed by atoms with Crippen molar-refractivity contribution in [3.05, 3.63) is 18.2 Å². The second-order valence-corrected chi connectivity index (χ2v) is 5.89. The van der Waals surface area contributed by atoms with Gasteiger partial charge in [0.2, 0.25) is 5.91 Å². The molecule has 0 atom stereocenters.